The number of carbonyl (C=O) groups is 1. The van der Waals surface area contributed by atoms with E-state index in [0.717, 1.165) is 19.5 Å². The normalized spacial score (nSPS) is 23.1. The van der Waals surface area contributed by atoms with Crippen LogP contribution in [0.1, 0.15) is 26.7 Å². The Morgan fingerprint density at radius 1 is 1.45 bits per heavy atom. The molecule has 0 spiro atoms. The van der Waals surface area contributed by atoms with E-state index in [1.807, 2.05) is 4.90 Å². The molecule has 1 saturated heterocycles. The highest BCUT2D eigenvalue weighted by atomic mass is 16.5. The van der Waals surface area contributed by atoms with Gasteiger partial charge in [-0.05, 0) is 24.7 Å². The summed E-state index contributed by atoms with van der Waals surface area (Å²) in [4.78, 5) is 22.1. The van der Waals surface area contributed by atoms with E-state index in [9.17, 15) is 4.79 Å². The standard InChI is InChI=1S/C14H22N4O2/c1-10-4-5-18(8-11(2)6-10)14(19)17-12-7-15-9-16-13(12)20-3/h7,9-11H,4-6,8H2,1-3H3,(H,17,19)/t10-,11-/m1/s1. The number of hydrogen-bond acceptors (Lipinski definition) is 4. The van der Waals surface area contributed by atoms with Crippen molar-refractivity contribution in [3.63, 3.8) is 0 Å². The summed E-state index contributed by atoms with van der Waals surface area (Å²) in [5.41, 5.74) is 0.505. The smallest absolute Gasteiger partial charge is 0.322 e. The fraction of sp³-hybridized carbons (Fsp3) is 0.643. The van der Waals surface area contributed by atoms with Crippen molar-refractivity contribution >= 4 is 11.7 Å². The Morgan fingerprint density at radius 2 is 2.25 bits per heavy atom. The molecular weight excluding hydrogens is 256 g/mol. The number of amides is 2. The highest BCUT2D eigenvalue weighted by Gasteiger charge is 2.23. The first kappa shape index (κ1) is 14.6. The molecule has 6 nitrogen and oxygen atoms in total. The number of hydrogen-bond donors (Lipinski definition) is 1. The maximum Gasteiger partial charge on any atom is 0.322 e. The van der Waals surface area contributed by atoms with Gasteiger partial charge in [-0.1, -0.05) is 13.8 Å². The van der Waals surface area contributed by atoms with Gasteiger partial charge in [0.2, 0.25) is 5.88 Å². The second kappa shape index (κ2) is 6.54. The van der Waals surface area contributed by atoms with E-state index in [4.69, 9.17) is 4.74 Å². The zero-order chi connectivity index (χ0) is 14.5. The Balaban J connectivity index is 2.04. The summed E-state index contributed by atoms with van der Waals surface area (Å²) in [5, 5.41) is 2.83. The number of urea groups is 1. The maximum atomic E-state index is 12.3. The van der Waals surface area contributed by atoms with E-state index in [1.54, 1.807) is 6.20 Å². The number of anilines is 1. The Labute approximate surface area is 119 Å². The van der Waals surface area contributed by atoms with Crippen LogP contribution in [0.25, 0.3) is 0 Å². The van der Waals surface area contributed by atoms with E-state index < -0.39 is 0 Å². The van der Waals surface area contributed by atoms with Crippen molar-refractivity contribution in [2.45, 2.75) is 26.7 Å². The van der Waals surface area contributed by atoms with E-state index >= 15 is 0 Å². The third-order valence-electron chi connectivity index (χ3n) is 3.63. The average Bonchev–Trinajstić information content (AvgIpc) is 2.60. The lowest BCUT2D eigenvalue weighted by molar-refractivity contribution is 0.207. The van der Waals surface area contributed by atoms with Crippen LogP contribution < -0.4 is 10.1 Å². The molecule has 110 valence electrons. The minimum atomic E-state index is -0.112. The number of rotatable bonds is 2. The van der Waals surface area contributed by atoms with Crippen LogP contribution in [0.2, 0.25) is 0 Å². The minimum absolute atomic E-state index is 0.112. The van der Waals surface area contributed by atoms with Crippen molar-refractivity contribution in [2.75, 3.05) is 25.5 Å². The molecule has 2 atom stereocenters. The first-order chi connectivity index (χ1) is 9.60. The van der Waals surface area contributed by atoms with Crippen molar-refractivity contribution in [1.82, 2.24) is 14.9 Å². The van der Waals surface area contributed by atoms with E-state index in [2.05, 4.69) is 29.1 Å². The van der Waals surface area contributed by atoms with E-state index in [-0.39, 0.29) is 6.03 Å². The Morgan fingerprint density at radius 3 is 3.00 bits per heavy atom. The summed E-state index contributed by atoms with van der Waals surface area (Å²) >= 11 is 0. The summed E-state index contributed by atoms with van der Waals surface area (Å²) in [6.45, 7) is 6.00. The predicted molar refractivity (Wildman–Crippen MR) is 76.7 cm³/mol. The molecule has 0 bridgehead atoms. The number of likely N-dealkylation sites (tertiary alicyclic amines) is 1. The first-order valence-corrected chi connectivity index (χ1v) is 7.00. The van der Waals surface area contributed by atoms with E-state index in [1.165, 1.54) is 19.9 Å². The molecule has 0 unspecified atom stereocenters. The molecule has 1 aromatic heterocycles. The van der Waals surface area contributed by atoms with Gasteiger partial charge in [0.15, 0.2) is 0 Å². The third-order valence-corrected chi connectivity index (χ3v) is 3.63. The van der Waals surface area contributed by atoms with Crippen LogP contribution in [0, 0.1) is 11.8 Å². The molecule has 0 aromatic carbocycles. The summed E-state index contributed by atoms with van der Waals surface area (Å²) in [7, 11) is 1.52. The Bertz CT molecular complexity index is 466. The molecule has 20 heavy (non-hydrogen) atoms. The Kier molecular flexibility index (Phi) is 4.76. The molecule has 6 heteroatoms. The molecule has 1 N–H and O–H groups in total. The number of nitrogens with zero attached hydrogens (tertiary/aromatic N) is 3. The maximum absolute atomic E-state index is 12.3. The third kappa shape index (κ3) is 3.59. The number of nitrogens with one attached hydrogen (secondary N) is 1. The molecule has 0 radical (unpaired) electrons. The molecular formula is C14H22N4O2. The zero-order valence-corrected chi connectivity index (χ0v) is 12.3. The lowest BCUT2D eigenvalue weighted by Crippen LogP contribution is -2.37. The van der Waals surface area contributed by atoms with Crippen LogP contribution in [0.15, 0.2) is 12.5 Å². The minimum Gasteiger partial charge on any atom is -0.479 e. The highest BCUT2D eigenvalue weighted by molar-refractivity contribution is 5.90. The van der Waals surface area contributed by atoms with Gasteiger partial charge in [-0.15, -0.1) is 0 Å². The van der Waals surface area contributed by atoms with Gasteiger partial charge in [-0.25, -0.2) is 9.78 Å². The predicted octanol–water partition coefficient (Wildman–Crippen LogP) is 2.39. The molecule has 1 fully saturated rings. The molecule has 2 amide bonds. The van der Waals surface area contributed by atoms with Gasteiger partial charge in [0.1, 0.15) is 12.0 Å². The number of methoxy groups -OCH3 is 1. The first-order valence-electron chi connectivity index (χ1n) is 7.00. The van der Waals surface area contributed by atoms with Gasteiger partial charge in [-0.3, -0.25) is 0 Å². The number of aromatic nitrogens is 2. The quantitative estimate of drug-likeness (QED) is 0.902. The second-order valence-corrected chi connectivity index (χ2v) is 5.56. The topological polar surface area (TPSA) is 67.4 Å². The van der Waals surface area contributed by atoms with Gasteiger partial charge in [0.05, 0.1) is 13.3 Å². The molecule has 1 aromatic rings. The van der Waals surface area contributed by atoms with Crippen molar-refractivity contribution < 1.29 is 9.53 Å². The molecule has 2 heterocycles. The highest BCUT2D eigenvalue weighted by Crippen LogP contribution is 2.23. The van der Waals surface area contributed by atoms with Crippen molar-refractivity contribution in [3.05, 3.63) is 12.5 Å². The van der Waals surface area contributed by atoms with Gasteiger partial charge in [0, 0.05) is 13.1 Å². The average molecular weight is 278 g/mol. The van der Waals surface area contributed by atoms with Crippen LogP contribution >= 0.6 is 0 Å². The summed E-state index contributed by atoms with van der Waals surface area (Å²) in [5.74, 6) is 1.56. The van der Waals surface area contributed by atoms with Crippen LogP contribution in [0.3, 0.4) is 0 Å². The van der Waals surface area contributed by atoms with Crippen LogP contribution in [-0.2, 0) is 0 Å². The number of carbonyl (C=O) groups excluding carboxylic acids is 1. The molecule has 2 rings (SSSR count). The summed E-state index contributed by atoms with van der Waals surface area (Å²) in [6, 6.07) is -0.112. The van der Waals surface area contributed by atoms with Gasteiger partial charge < -0.3 is 15.0 Å². The zero-order valence-electron chi connectivity index (χ0n) is 12.3. The monoisotopic (exact) mass is 278 g/mol. The van der Waals surface area contributed by atoms with Crippen molar-refractivity contribution in [3.8, 4) is 5.88 Å². The molecule has 1 aliphatic rings. The largest absolute Gasteiger partial charge is 0.479 e. The van der Waals surface area contributed by atoms with Crippen molar-refractivity contribution in [1.29, 1.82) is 0 Å². The SMILES string of the molecule is COc1ncncc1NC(=O)N1CC[C@@H](C)C[C@@H](C)C1. The molecule has 0 aliphatic carbocycles. The lowest BCUT2D eigenvalue weighted by Gasteiger charge is -2.23. The van der Waals surface area contributed by atoms with Crippen molar-refractivity contribution in [2.24, 2.45) is 11.8 Å². The van der Waals surface area contributed by atoms with Crippen LogP contribution in [-0.4, -0.2) is 41.1 Å². The van der Waals surface area contributed by atoms with E-state index in [0.29, 0.717) is 23.4 Å². The van der Waals surface area contributed by atoms with Gasteiger partial charge in [-0.2, -0.15) is 4.98 Å². The summed E-state index contributed by atoms with van der Waals surface area (Å²) < 4.78 is 5.11. The lowest BCUT2D eigenvalue weighted by atomic mass is 9.97. The van der Waals surface area contributed by atoms with Gasteiger partial charge >= 0.3 is 6.03 Å². The van der Waals surface area contributed by atoms with Gasteiger partial charge in [0.25, 0.3) is 0 Å². The molecule has 0 saturated carbocycles. The molecule has 1 aliphatic heterocycles. The van der Waals surface area contributed by atoms with Crippen LogP contribution in [0.4, 0.5) is 10.5 Å². The van der Waals surface area contributed by atoms with Crippen LogP contribution in [0.5, 0.6) is 5.88 Å². The fourth-order valence-electron chi connectivity index (χ4n) is 2.67. The number of ether oxygens (including phenoxy) is 1. The Hall–Kier alpha value is -1.85. The fourth-order valence-corrected chi connectivity index (χ4v) is 2.67. The second-order valence-electron chi connectivity index (χ2n) is 5.56. The summed E-state index contributed by atoms with van der Waals surface area (Å²) in [6.07, 6.45) is 5.15.